The third kappa shape index (κ3) is 11.8. The summed E-state index contributed by atoms with van der Waals surface area (Å²) in [6.07, 6.45) is -5.08. The lowest BCUT2D eigenvalue weighted by atomic mass is 10.0. The summed E-state index contributed by atoms with van der Waals surface area (Å²) >= 11 is 0. The van der Waals surface area contributed by atoms with E-state index in [-0.39, 0.29) is 25.0 Å². The van der Waals surface area contributed by atoms with Crippen LogP contribution >= 0.6 is 0 Å². The van der Waals surface area contributed by atoms with Crippen molar-refractivity contribution >= 4 is 29.4 Å². The Morgan fingerprint density at radius 1 is 1.03 bits per heavy atom. The van der Waals surface area contributed by atoms with Crippen molar-refractivity contribution in [3.8, 4) is 0 Å². The second kappa shape index (κ2) is 13.9. The average molecular weight is 463 g/mol. The first-order valence-corrected chi connectivity index (χ1v) is 9.64. The highest BCUT2D eigenvalue weighted by Crippen LogP contribution is 2.13. The lowest BCUT2D eigenvalue weighted by Gasteiger charge is -2.24. The number of halogens is 3. The molecule has 0 aliphatic rings. The number of alkyl halides is 3. The van der Waals surface area contributed by atoms with Gasteiger partial charge in [0.25, 0.3) is 0 Å². The average Bonchev–Trinajstić information content (AvgIpc) is 2.70. The van der Waals surface area contributed by atoms with Gasteiger partial charge in [-0.3, -0.25) is 14.4 Å². The summed E-state index contributed by atoms with van der Waals surface area (Å²) in [5.74, 6) is -4.11. The van der Waals surface area contributed by atoms with Gasteiger partial charge in [-0.05, 0) is 31.9 Å². The summed E-state index contributed by atoms with van der Waals surface area (Å²) in [7, 11) is 0. The van der Waals surface area contributed by atoms with Crippen LogP contribution in [0.15, 0.2) is 30.3 Å². The first kappa shape index (κ1) is 28.7. The van der Waals surface area contributed by atoms with Gasteiger partial charge in [0.05, 0.1) is 6.61 Å². The maximum Gasteiger partial charge on any atom is 0.490 e. The number of para-hydroxylation sites is 1. The number of nitrogens with one attached hydrogen (secondary N) is 3. The zero-order valence-corrected chi connectivity index (χ0v) is 18.2. The van der Waals surface area contributed by atoms with Gasteiger partial charge in [-0.15, -0.1) is 0 Å². The highest BCUT2D eigenvalue weighted by Gasteiger charge is 2.38. The number of carboxylic acid groups (broad SMARTS) is 1. The molecule has 2 amide bonds. The molecule has 32 heavy (non-hydrogen) atoms. The van der Waals surface area contributed by atoms with E-state index in [0.29, 0.717) is 0 Å². The largest absolute Gasteiger partial charge is 0.490 e. The van der Waals surface area contributed by atoms with E-state index in [0.717, 1.165) is 5.69 Å². The van der Waals surface area contributed by atoms with Gasteiger partial charge < -0.3 is 25.8 Å². The fraction of sp³-hybridized carbons (Fsp3) is 0.500. The Kier molecular flexibility index (Phi) is 12.4. The minimum atomic E-state index is -5.08. The second-order valence-electron chi connectivity index (χ2n) is 6.79. The molecule has 2 unspecified atom stereocenters. The molecule has 12 heteroatoms. The van der Waals surface area contributed by atoms with Crippen LogP contribution in [0.3, 0.4) is 0 Å². The molecule has 0 spiro atoms. The van der Waals surface area contributed by atoms with Crippen LogP contribution in [0.25, 0.3) is 0 Å². The molecule has 1 aromatic rings. The van der Waals surface area contributed by atoms with Gasteiger partial charge in [-0.25, -0.2) is 4.79 Å². The number of aliphatic carboxylic acids is 1. The molecule has 0 fully saturated rings. The van der Waals surface area contributed by atoms with Gasteiger partial charge in [0.2, 0.25) is 11.8 Å². The summed E-state index contributed by atoms with van der Waals surface area (Å²) in [5, 5.41) is 15.4. The molecule has 0 aliphatic heterocycles. The second-order valence-corrected chi connectivity index (χ2v) is 6.79. The molecule has 9 nitrogen and oxygen atoms in total. The normalized spacial score (nSPS) is 12.5. The number of hydrogen-bond acceptors (Lipinski definition) is 6. The Hall–Kier alpha value is -3.31. The SMILES string of the molecule is CCOC(=O)CNC(=O)C(NC(=O)C(C)Nc1ccccc1)C(C)C.O=C(O)C(F)(F)F. The molecule has 0 aromatic heterocycles. The zero-order chi connectivity index (χ0) is 24.9. The predicted octanol–water partition coefficient (Wildman–Crippen LogP) is 1.94. The summed E-state index contributed by atoms with van der Waals surface area (Å²) < 4.78 is 36.5. The van der Waals surface area contributed by atoms with Crippen molar-refractivity contribution < 1.29 is 42.2 Å². The molecule has 180 valence electrons. The molecule has 4 N–H and O–H groups in total. The van der Waals surface area contributed by atoms with E-state index in [1.807, 2.05) is 44.2 Å². The van der Waals surface area contributed by atoms with E-state index < -0.39 is 36.1 Å². The van der Waals surface area contributed by atoms with E-state index in [1.54, 1.807) is 13.8 Å². The summed E-state index contributed by atoms with van der Waals surface area (Å²) in [6.45, 7) is 7.09. The minimum Gasteiger partial charge on any atom is -0.475 e. The van der Waals surface area contributed by atoms with Crippen LogP contribution in [-0.4, -0.2) is 60.3 Å². The van der Waals surface area contributed by atoms with Gasteiger partial charge in [0.1, 0.15) is 18.6 Å². The van der Waals surface area contributed by atoms with Gasteiger partial charge in [0.15, 0.2) is 0 Å². The van der Waals surface area contributed by atoms with Crippen molar-refractivity contribution in [2.75, 3.05) is 18.5 Å². The van der Waals surface area contributed by atoms with Crippen molar-refractivity contribution in [1.82, 2.24) is 10.6 Å². The van der Waals surface area contributed by atoms with E-state index in [2.05, 4.69) is 16.0 Å². The Morgan fingerprint density at radius 2 is 1.56 bits per heavy atom. The molecular formula is C20H28F3N3O6. The van der Waals surface area contributed by atoms with E-state index in [4.69, 9.17) is 14.6 Å². The number of carbonyl (C=O) groups excluding carboxylic acids is 3. The number of ether oxygens (including phenoxy) is 1. The van der Waals surface area contributed by atoms with E-state index >= 15 is 0 Å². The number of benzene rings is 1. The van der Waals surface area contributed by atoms with Crippen LogP contribution in [0.2, 0.25) is 0 Å². The highest BCUT2D eigenvalue weighted by atomic mass is 19.4. The molecule has 0 aliphatic carbocycles. The predicted molar refractivity (Wildman–Crippen MR) is 110 cm³/mol. The van der Waals surface area contributed by atoms with Crippen LogP contribution in [0.1, 0.15) is 27.7 Å². The van der Waals surface area contributed by atoms with Gasteiger partial charge in [-0.1, -0.05) is 32.0 Å². The fourth-order valence-electron chi connectivity index (χ4n) is 2.14. The summed E-state index contributed by atoms with van der Waals surface area (Å²) in [6, 6.07) is 8.09. The molecule has 0 heterocycles. The first-order valence-electron chi connectivity index (χ1n) is 9.64. The Bertz CT molecular complexity index is 757. The zero-order valence-electron chi connectivity index (χ0n) is 18.2. The Balaban J connectivity index is 0.00000118. The number of anilines is 1. The van der Waals surface area contributed by atoms with Crippen molar-refractivity contribution in [1.29, 1.82) is 0 Å². The monoisotopic (exact) mass is 463 g/mol. The number of hydrogen-bond donors (Lipinski definition) is 4. The van der Waals surface area contributed by atoms with E-state index in [1.165, 1.54) is 0 Å². The number of rotatable bonds is 9. The molecule has 1 aromatic carbocycles. The maximum absolute atomic E-state index is 12.4. The third-order valence-electron chi connectivity index (χ3n) is 3.75. The van der Waals surface area contributed by atoms with Crippen molar-refractivity contribution in [3.63, 3.8) is 0 Å². The standard InChI is InChI=1S/C18H27N3O4.C2HF3O2/c1-5-25-15(22)11-19-18(24)16(12(2)3)21-17(23)13(4)20-14-9-7-6-8-10-14;3-2(4,5)1(6)7/h6-10,12-13,16,20H,5,11H2,1-4H3,(H,19,24)(H,21,23);(H,6,7). The van der Waals surface area contributed by atoms with Crippen LogP contribution in [0, 0.1) is 5.92 Å². The van der Waals surface area contributed by atoms with Crippen LogP contribution in [-0.2, 0) is 23.9 Å². The topological polar surface area (TPSA) is 134 Å². The molecule has 0 radical (unpaired) electrons. The van der Waals surface area contributed by atoms with Crippen LogP contribution < -0.4 is 16.0 Å². The van der Waals surface area contributed by atoms with Gasteiger partial charge in [0, 0.05) is 5.69 Å². The number of carbonyl (C=O) groups is 4. The van der Waals surface area contributed by atoms with Gasteiger partial charge >= 0.3 is 18.1 Å². The minimum absolute atomic E-state index is 0.130. The highest BCUT2D eigenvalue weighted by molar-refractivity contribution is 5.92. The number of carboxylic acids is 1. The maximum atomic E-state index is 12.4. The van der Waals surface area contributed by atoms with Crippen molar-refractivity contribution in [2.45, 2.75) is 46.0 Å². The van der Waals surface area contributed by atoms with Gasteiger partial charge in [-0.2, -0.15) is 13.2 Å². The molecule has 0 saturated carbocycles. The number of amides is 2. The Labute approximate surface area is 183 Å². The molecular weight excluding hydrogens is 435 g/mol. The smallest absolute Gasteiger partial charge is 0.475 e. The quantitative estimate of drug-likeness (QED) is 0.411. The molecule has 2 atom stereocenters. The van der Waals surface area contributed by atoms with Crippen LogP contribution in [0.4, 0.5) is 18.9 Å². The third-order valence-corrected chi connectivity index (χ3v) is 3.75. The molecule has 0 bridgehead atoms. The molecule has 0 saturated heterocycles. The van der Waals surface area contributed by atoms with Crippen molar-refractivity contribution in [2.24, 2.45) is 5.92 Å². The summed E-state index contributed by atoms with van der Waals surface area (Å²) in [4.78, 5) is 44.9. The van der Waals surface area contributed by atoms with Crippen molar-refractivity contribution in [3.05, 3.63) is 30.3 Å². The lowest BCUT2D eigenvalue weighted by molar-refractivity contribution is -0.192. The van der Waals surface area contributed by atoms with Crippen LogP contribution in [0.5, 0.6) is 0 Å². The number of esters is 1. The fourth-order valence-corrected chi connectivity index (χ4v) is 2.14. The molecule has 1 rings (SSSR count). The lowest BCUT2D eigenvalue weighted by Crippen LogP contribution is -2.53. The Morgan fingerprint density at radius 3 is 2.00 bits per heavy atom. The van der Waals surface area contributed by atoms with E-state index in [9.17, 15) is 27.6 Å². The first-order chi connectivity index (χ1) is 14.8. The summed E-state index contributed by atoms with van der Waals surface area (Å²) in [5.41, 5.74) is 0.818.